The van der Waals surface area contributed by atoms with Gasteiger partial charge in [0.1, 0.15) is 11.6 Å². The molecule has 0 heterocycles. The molecule has 0 N–H and O–H groups in total. The van der Waals surface area contributed by atoms with Gasteiger partial charge >= 0.3 is 0 Å². The van der Waals surface area contributed by atoms with E-state index in [9.17, 15) is 13.6 Å². The monoisotopic (exact) mass is 314 g/mol. The SMILES string of the molecule is Cc1cc(C(=O)Cc2c(Cl)cccc2Cl)c(F)cc1F. The molecule has 2 rings (SSSR count). The number of Topliss-reactive ketones (excluding diaryl/α,β-unsaturated/α-hetero) is 1. The van der Waals surface area contributed by atoms with Crippen molar-refractivity contribution in [1.29, 1.82) is 0 Å². The highest BCUT2D eigenvalue weighted by Crippen LogP contribution is 2.26. The van der Waals surface area contributed by atoms with E-state index in [2.05, 4.69) is 0 Å². The van der Waals surface area contributed by atoms with Gasteiger partial charge in [-0.1, -0.05) is 29.3 Å². The van der Waals surface area contributed by atoms with Gasteiger partial charge in [-0.05, 0) is 36.2 Å². The molecule has 0 atom stereocenters. The first kappa shape index (κ1) is 14.9. The summed E-state index contributed by atoms with van der Waals surface area (Å²) < 4.78 is 26.8. The number of ketones is 1. The van der Waals surface area contributed by atoms with Gasteiger partial charge in [-0.25, -0.2) is 8.78 Å². The Bertz CT molecular complexity index is 664. The van der Waals surface area contributed by atoms with Gasteiger partial charge in [-0.2, -0.15) is 0 Å². The van der Waals surface area contributed by atoms with Crippen LogP contribution >= 0.6 is 23.2 Å². The number of hydrogen-bond donors (Lipinski definition) is 0. The second-order valence-corrected chi connectivity index (χ2v) is 5.20. The normalized spacial score (nSPS) is 10.7. The van der Waals surface area contributed by atoms with Crippen molar-refractivity contribution in [3.05, 3.63) is 68.7 Å². The van der Waals surface area contributed by atoms with E-state index in [0.717, 1.165) is 0 Å². The molecule has 0 aromatic heterocycles. The number of carbonyl (C=O) groups excluding carboxylic acids is 1. The summed E-state index contributed by atoms with van der Waals surface area (Å²) in [4.78, 5) is 12.1. The predicted molar refractivity (Wildman–Crippen MR) is 75.6 cm³/mol. The fourth-order valence-electron chi connectivity index (χ4n) is 1.83. The van der Waals surface area contributed by atoms with E-state index in [0.29, 0.717) is 21.7 Å². The zero-order valence-corrected chi connectivity index (χ0v) is 12.0. The van der Waals surface area contributed by atoms with Crippen LogP contribution in [0, 0.1) is 18.6 Å². The Balaban J connectivity index is 2.36. The summed E-state index contributed by atoms with van der Waals surface area (Å²) in [5, 5.41) is 0.676. The van der Waals surface area contributed by atoms with Crippen LogP contribution in [0.1, 0.15) is 21.5 Å². The first-order chi connectivity index (χ1) is 9.40. The van der Waals surface area contributed by atoms with E-state index in [1.54, 1.807) is 18.2 Å². The average molecular weight is 315 g/mol. The van der Waals surface area contributed by atoms with E-state index in [1.807, 2.05) is 0 Å². The minimum absolute atomic E-state index is 0.138. The fourth-order valence-corrected chi connectivity index (χ4v) is 2.36. The Kier molecular flexibility index (Phi) is 4.41. The topological polar surface area (TPSA) is 17.1 Å². The van der Waals surface area contributed by atoms with Crippen LogP contribution in [0.2, 0.25) is 10.0 Å². The van der Waals surface area contributed by atoms with Crippen LogP contribution in [0.3, 0.4) is 0 Å². The van der Waals surface area contributed by atoms with Crippen LogP contribution < -0.4 is 0 Å². The van der Waals surface area contributed by atoms with Gasteiger partial charge in [-0.15, -0.1) is 0 Å². The van der Waals surface area contributed by atoms with Crippen molar-refractivity contribution in [2.24, 2.45) is 0 Å². The maximum Gasteiger partial charge on any atom is 0.170 e. The van der Waals surface area contributed by atoms with Gasteiger partial charge in [-0.3, -0.25) is 4.79 Å². The highest BCUT2D eigenvalue weighted by molar-refractivity contribution is 6.36. The van der Waals surface area contributed by atoms with Crippen LogP contribution in [0.25, 0.3) is 0 Å². The summed E-state index contributed by atoms with van der Waals surface area (Å²) in [5.74, 6) is -2.07. The summed E-state index contributed by atoms with van der Waals surface area (Å²) in [7, 11) is 0. The van der Waals surface area contributed by atoms with E-state index >= 15 is 0 Å². The molecule has 0 amide bonds. The van der Waals surface area contributed by atoms with Crippen molar-refractivity contribution >= 4 is 29.0 Å². The molecule has 0 bridgehead atoms. The Labute approximate surface area is 125 Å². The lowest BCUT2D eigenvalue weighted by molar-refractivity contribution is 0.0989. The lowest BCUT2D eigenvalue weighted by Gasteiger charge is -2.08. The first-order valence-electron chi connectivity index (χ1n) is 5.82. The molecule has 1 nitrogen and oxygen atoms in total. The third-order valence-electron chi connectivity index (χ3n) is 2.95. The number of rotatable bonds is 3. The van der Waals surface area contributed by atoms with Crippen molar-refractivity contribution < 1.29 is 13.6 Å². The first-order valence-corrected chi connectivity index (χ1v) is 6.57. The van der Waals surface area contributed by atoms with Gasteiger partial charge in [0.25, 0.3) is 0 Å². The average Bonchev–Trinajstić information content (AvgIpc) is 2.38. The molecule has 2 aromatic rings. The Morgan fingerprint density at radius 1 is 1.10 bits per heavy atom. The molecule has 0 fully saturated rings. The fraction of sp³-hybridized carbons (Fsp3) is 0.133. The van der Waals surface area contributed by atoms with E-state index in [1.165, 1.54) is 13.0 Å². The number of carbonyl (C=O) groups is 1. The molecule has 2 aromatic carbocycles. The number of aryl methyl sites for hydroxylation is 1. The second kappa shape index (κ2) is 5.90. The third-order valence-corrected chi connectivity index (χ3v) is 3.66. The smallest absolute Gasteiger partial charge is 0.170 e. The molecule has 0 aliphatic carbocycles. The van der Waals surface area contributed by atoms with Crippen molar-refractivity contribution in [1.82, 2.24) is 0 Å². The number of benzene rings is 2. The maximum absolute atomic E-state index is 13.7. The van der Waals surface area contributed by atoms with Gasteiger partial charge in [0.05, 0.1) is 5.56 Å². The summed E-state index contributed by atoms with van der Waals surface area (Å²) in [6, 6.07) is 6.75. The van der Waals surface area contributed by atoms with Gasteiger partial charge in [0.15, 0.2) is 5.78 Å². The van der Waals surface area contributed by atoms with Crippen molar-refractivity contribution in [3.63, 3.8) is 0 Å². The van der Waals surface area contributed by atoms with Crippen molar-refractivity contribution in [2.45, 2.75) is 13.3 Å². The highest BCUT2D eigenvalue weighted by atomic mass is 35.5. The molecule has 0 spiro atoms. The summed E-state index contributed by atoms with van der Waals surface area (Å²) in [6.07, 6.45) is -0.138. The molecule has 0 saturated heterocycles. The minimum atomic E-state index is -0.888. The van der Waals surface area contributed by atoms with Crippen molar-refractivity contribution in [3.8, 4) is 0 Å². The van der Waals surface area contributed by atoms with Crippen LogP contribution in [-0.4, -0.2) is 5.78 Å². The minimum Gasteiger partial charge on any atom is -0.294 e. The lowest BCUT2D eigenvalue weighted by Crippen LogP contribution is -2.08. The van der Waals surface area contributed by atoms with Gasteiger partial charge in [0, 0.05) is 22.5 Å². The molecule has 104 valence electrons. The largest absolute Gasteiger partial charge is 0.294 e. The zero-order chi connectivity index (χ0) is 14.9. The van der Waals surface area contributed by atoms with Crippen molar-refractivity contribution in [2.75, 3.05) is 0 Å². The number of halogens is 4. The third kappa shape index (κ3) is 3.00. The van der Waals surface area contributed by atoms with Crippen LogP contribution in [0.5, 0.6) is 0 Å². The second-order valence-electron chi connectivity index (χ2n) is 4.38. The molecule has 0 saturated carbocycles. The Hall–Kier alpha value is -1.45. The molecule has 20 heavy (non-hydrogen) atoms. The molecule has 0 unspecified atom stereocenters. The van der Waals surface area contributed by atoms with Gasteiger partial charge in [0.2, 0.25) is 0 Å². The van der Waals surface area contributed by atoms with Crippen LogP contribution in [0.15, 0.2) is 30.3 Å². The van der Waals surface area contributed by atoms with E-state index in [-0.39, 0.29) is 17.5 Å². The quantitative estimate of drug-likeness (QED) is 0.728. The van der Waals surface area contributed by atoms with Crippen LogP contribution in [0.4, 0.5) is 8.78 Å². The molecule has 0 aliphatic heterocycles. The standard InChI is InChI=1S/C15H10Cl2F2O/c1-8-5-10(14(19)7-13(8)18)15(20)6-9-11(16)3-2-4-12(9)17/h2-5,7H,6H2,1H3. The molecule has 0 aliphatic rings. The summed E-state index contributed by atoms with van der Waals surface area (Å²) in [6.45, 7) is 1.47. The number of hydrogen-bond acceptors (Lipinski definition) is 1. The Morgan fingerprint density at radius 2 is 1.70 bits per heavy atom. The zero-order valence-electron chi connectivity index (χ0n) is 10.5. The van der Waals surface area contributed by atoms with E-state index < -0.39 is 17.4 Å². The summed E-state index contributed by atoms with van der Waals surface area (Å²) >= 11 is 11.9. The molecule has 5 heteroatoms. The maximum atomic E-state index is 13.7. The van der Waals surface area contributed by atoms with E-state index in [4.69, 9.17) is 23.2 Å². The lowest BCUT2D eigenvalue weighted by atomic mass is 10.0. The van der Waals surface area contributed by atoms with Crippen LogP contribution in [-0.2, 0) is 6.42 Å². The molecule has 0 radical (unpaired) electrons. The highest BCUT2D eigenvalue weighted by Gasteiger charge is 2.17. The predicted octanol–water partition coefficient (Wildman–Crippen LogP) is 5.01. The van der Waals surface area contributed by atoms with Gasteiger partial charge < -0.3 is 0 Å². The summed E-state index contributed by atoms with van der Waals surface area (Å²) in [5.41, 5.74) is 0.474. The molecular formula is C15H10Cl2F2O. The molecular weight excluding hydrogens is 305 g/mol. The Morgan fingerprint density at radius 3 is 2.30 bits per heavy atom.